The molecule has 3 N–H and O–H groups in total. The van der Waals surface area contributed by atoms with E-state index in [9.17, 15) is 0 Å². The first-order valence-corrected chi connectivity index (χ1v) is 9.42. The Morgan fingerprint density at radius 1 is 1.12 bits per heavy atom. The summed E-state index contributed by atoms with van der Waals surface area (Å²) in [6.45, 7) is 13.8. The Balaban J connectivity index is 2.08. The molecule has 1 aliphatic rings. The fourth-order valence-electron chi connectivity index (χ4n) is 3.52. The highest BCUT2D eigenvalue weighted by Crippen LogP contribution is 2.32. The van der Waals surface area contributed by atoms with E-state index in [1.807, 2.05) is 0 Å². The topological polar surface area (TPSA) is 50.5 Å². The monoisotopic (exact) mass is 333 g/mol. The maximum absolute atomic E-state index is 5.97. The van der Waals surface area contributed by atoms with Crippen molar-refractivity contribution in [3.05, 3.63) is 23.3 Å². The van der Waals surface area contributed by atoms with Crippen LogP contribution in [0.5, 0.6) is 0 Å². The van der Waals surface area contributed by atoms with E-state index in [0.29, 0.717) is 6.04 Å². The summed E-state index contributed by atoms with van der Waals surface area (Å²) in [6.07, 6.45) is 4.02. The van der Waals surface area contributed by atoms with Crippen LogP contribution >= 0.6 is 0 Å². The molecule has 1 unspecified atom stereocenters. The minimum atomic E-state index is 0.258. The molecule has 136 valence electrons. The lowest BCUT2D eigenvalue weighted by Gasteiger charge is -2.43. The molecule has 0 radical (unpaired) electrons. The van der Waals surface area contributed by atoms with Gasteiger partial charge in [0.05, 0.1) is 18.2 Å². The zero-order valence-electron chi connectivity index (χ0n) is 16.1. The highest BCUT2D eigenvalue weighted by Gasteiger charge is 2.30. The zero-order valence-corrected chi connectivity index (χ0v) is 16.1. The number of anilines is 2. The molecule has 0 amide bonds. The van der Waals surface area contributed by atoms with Gasteiger partial charge < -0.3 is 20.7 Å². The second kappa shape index (κ2) is 8.72. The fourth-order valence-corrected chi connectivity index (χ4v) is 3.52. The SMILES string of the molecule is Cc1c(NCCCCCN)ccc(N2C[C@H](C)O[C@H](C)C2C)c1C. The van der Waals surface area contributed by atoms with E-state index in [1.54, 1.807) is 0 Å². The van der Waals surface area contributed by atoms with E-state index in [4.69, 9.17) is 10.5 Å². The fraction of sp³-hybridized carbons (Fsp3) is 0.700. The summed E-state index contributed by atoms with van der Waals surface area (Å²) in [4.78, 5) is 2.51. The molecule has 1 aromatic rings. The van der Waals surface area contributed by atoms with E-state index in [2.05, 4.69) is 57.0 Å². The molecular weight excluding hydrogens is 298 g/mol. The van der Waals surface area contributed by atoms with Crippen molar-refractivity contribution in [3.63, 3.8) is 0 Å². The maximum Gasteiger partial charge on any atom is 0.0751 e. The highest BCUT2D eigenvalue weighted by molar-refractivity contribution is 5.66. The first-order chi connectivity index (χ1) is 11.5. The Bertz CT molecular complexity index is 532. The second-order valence-corrected chi connectivity index (χ2v) is 7.20. The number of ether oxygens (including phenoxy) is 1. The summed E-state index contributed by atoms with van der Waals surface area (Å²) in [5, 5.41) is 3.59. The molecule has 0 aliphatic carbocycles. The molecule has 1 fully saturated rings. The van der Waals surface area contributed by atoms with Gasteiger partial charge in [-0.3, -0.25) is 0 Å². The number of benzene rings is 1. The number of nitrogens with zero attached hydrogens (tertiary/aromatic N) is 1. The summed E-state index contributed by atoms with van der Waals surface area (Å²) >= 11 is 0. The van der Waals surface area contributed by atoms with Crippen molar-refractivity contribution in [2.45, 2.75) is 72.1 Å². The van der Waals surface area contributed by atoms with Gasteiger partial charge in [0.1, 0.15) is 0 Å². The molecule has 1 heterocycles. The van der Waals surface area contributed by atoms with Crippen LogP contribution < -0.4 is 16.0 Å². The summed E-state index contributed by atoms with van der Waals surface area (Å²) < 4.78 is 5.97. The third-order valence-electron chi connectivity index (χ3n) is 5.34. The third-order valence-corrected chi connectivity index (χ3v) is 5.34. The molecule has 0 saturated carbocycles. The van der Waals surface area contributed by atoms with Crippen LogP contribution in [0.4, 0.5) is 11.4 Å². The smallest absolute Gasteiger partial charge is 0.0751 e. The van der Waals surface area contributed by atoms with Crippen LogP contribution in [0.2, 0.25) is 0 Å². The number of nitrogens with one attached hydrogen (secondary N) is 1. The lowest BCUT2D eigenvalue weighted by Crippen LogP contribution is -2.52. The van der Waals surface area contributed by atoms with Gasteiger partial charge in [0.25, 0.3) is 0 Å². The van der Waals surface area contributed by atoms with Gasteiger partial charge in [-0.15, -0.1) is 0 Å². The van der Waals surface area contributed by atoms with Crippen LogP contribution in [0.15, 0.2) is 12.1 Å². The van der Waals surface area contributed by atoms with Crippen molar-refractivity contribution in [1.29, 1.82) is 0 Å². The van der Waals surface area contributed by atoms with Crippen LogP contribution in [-0.2, 0) is 4.74 Å². The van der Waals surface area contributed by atoms with Gasteiger partial charge >= 0.3 is 0 Å². The molecule has 1 aliphatic heterocycles. The molecule has 4 nitrogen and oxygen atoms in total. The molecule has 0 aromatic heterocycles. The third kappa shape index (κ3) is 4.42. The molecule has 0 bridgehead atoms. The molecule has 1 aromatic carbocycles. The molecule has 1 saturated heterocycles. The number of morpholine rings is 1. The van der Waals surface area contributed by atoms with Crippen LogP contribution in [0, 0.1) is 13.8 Å². The largest absolute Gasteiger partial charge is 0.385 e. The molecule has 4 heteroatoms. The molecular formula is C20H35N3O. The molecule has 0 spiro atoms. The predicted octanol–water partition coefficient (Wildman–Crippen LogP) is 3.85. The van der Waals surface area contributed by atoms with Gasteiger partial charge in [-0.1, -0.05) is 6.42 Å². The van der Waals surface area contributed by atoms with Crippen molar-refractivity contribution in [2.75, 3.05) is 29.9 Å². The summed E-state index contributed by atoms with van der Waals surface area (Å²) in [7, 11) is 0. The Morgan fingerprint density at radius 3 is 2.58 bits per heavy atom. The number of nitrogens with two attached hydrogens (primary N) is 1. The normalized spacial score (nSPS) is 24.2. The van der Waals surface area contributed by atoms with E-state index >= 15 is 0 Å². The lowest BCUT2D eigenvalue weighted by atomic mass is 10.0. The Morgan fingerprint density at radius 2 is 1.88 bits per heavy atom. The Hall–Kier alpha value is -1.26. The Kier molecular flexibility index (Phi) is 6.93. The lowest BCUT2D eigenvalue weighted by molar-refractivity contribution is -0.0258. The van der Waals surface area contributed by atoms with Gasteiger partial charge in [0, 0.05) is 24.5 Å². The van der Waals surface area contributed by atoms with Gasteiger partial charge in [-0.25, -0.2) is 0 Å². The first-order valence-electron chi connectivity index (χ1n) is 9.42. The molecule has 24 heavy (non-hydrogen) atoms. The van der Waals surface area contributed by atoms with Crippen molar-refractivity contribution in [3.8, 4) is 0 Å². The highest BCUT2D eigenvalue weighted by atomic mass is 16.5. The quantitative estimate of drug-likeness (QED) is 0.744. The number of hydrogen-bond acceptors (Lipinski definition) is 4. The number of hydrogen-bond donors (Lipinski definition) is 2. The second-order valence-electron chi connectivity index (χ2n) is 7.20. The van der Waals surface area contributed by atoms with E-state index in [0.717, 1.165) is 26.1 Å². The minimum Gasteiger partial charge on any atom is -0.385 e. The average molecular weight is 334 g/mol. The number of unbranched alkanes of at least 4 members (excludes halogenated alkanes) is 2. The maximum atomic E-state index is 5.97. The summed E-state index contributed by atoms with van der Waals surface area (Å²) in [6, 6.07) is 4.90. The summed E-state index contributed by atoms with van der Waals surface area (Å²) in [5.74, 6) is 0. The van der Waals surface area contributed by atoms with Gasteiger partial charge in [0.2, 0.25) is 0 Å². The van der Waals surface area contributed by atoms with Gasteiger partial charge in [0.15, 0.2) is 0 Å². The van der Waals surface area contributed by atoms with E-state index in [1.165, 1.54) is 35.3 Å². The first kappa shape index (κ1) is 19.1. The van der Waals surface area contributed by atoms with E-state index in [-0.39, 0.29) is 12.2 Å². The number of rotatable bonds is 7. The zero-order chi connectivity index (χ0) is 17.7. The van der Waals surface area contributed by atoms with Crippen LogP contribution in [0.3, 0.4) is 0 Å². The van der Waals surface area contributed by atoms with Crippen molar-refractivity contribution < 1.29 is 4.74 Å². The van der Waals surface area contributed by atoms with Crippen LogP contribution in [0.25, 0.3) is 0 Å². The van der Waals surface area contributed by atoms with Crippen LogP contribution in [0.1, 0.15) is 51.2 Å². The van der Waals surface area contributed by atoms with Gasteiger partial charge in [-0.05, 0) is 77.3 Å². The minimum absolute atomic E-state index is 0.258. The van der Waals surface area contributed by atoms with Gasteiger partial charge in [-0.2, -0.15) is 0 Å². The molecule has 3 atom stereocenters. The predicted molar refractivity (Wildman–Crippen MR) is 104 cm³/mol. The van der Waals surface area contributed by atoms with E-state index < -0.39 is 0 Å². The molecule has 2 rings (SSSR count). The van der Waals surface area contributed by atoms with Crippen LogP contribution in [-0.4, -0.2) is 37.9 Å². The summed E-state index contributed by atoms with van der Waals surface area (Å²) in [5.41, 5.74) is 10.9. The standard InChI is InChI=1S/C20H35N3O/c1-14-13-23(17(4)18(5)24-14)20-10-9-19(15(2)16(20)3)22-12-8-6-7-11-21/h9-10,14,17-18,22H,6-8,11-13,21H2,1-5H3/t14-,17?,18+/m0/s1. The van der Waals surface area contributed by atoms with Crippen molar-refractivity contribution in [1.82, 2.24) is 0 Å². The van der Waals surface area contributed by atoms with Crippen molar-refractivity contribution in [2.24, 2.45) is 5.73 Å². The van der Waals surface area contributed by atoms with Crippen molar-refractivity contribution >= 4 is 11.4 Å². The average Bonchev–Trinajstić information content (AvgIpc) is 2.55. The Labute approximate surface area is 147 Å².